The maximum Gasteiger partial charge on any atom is 1.00 e. The van der Waals surface area contributed by atoms with Crippen LogP contribution in [0.2, 0.25) is 0 Å². The maximum atomic E-state index is 11.5. The summed E-state index contributed by atoms with van der Waals surface area (Å²) in [7, 11) is 0. The molecule has 0 radical (unpaired) electrons. The minimum Gasteiger partial charge on any atom is -0.550 e. The fourth-order valence-electron chi connectivity index (χ4n) is 1.52. The van der Waals surface area contributed by atoms with E-state index in [-0.39, 0.29) is 54.7 Å². The number of ether oxygens (including phenoxy) is 1. The number of anilines is 1. The van der Waals surface area contributed by atoms with Gasteiger partial charge in [-0.3, -0.25) is 4.79 Å². The van der Waals surface area contributed by atoms with E-state index < -0.39 is 11.9 Å². The first-order chi connectivity index (χ1) is 9.52. The molecule has 1 aromatic rings. The molecule has 0 saturated heterocycles. The Hall–Kier alpha value is -1.37. The van der Waals surface area contributed by atoms with E-state index in [1.165, 1.54) is 0 Å². The van der Waals surface area contributed by atoms with E-state index >= 15 is 0 Å². The Morgan fingerprint density at radius 3 is 2.29 bits per heavy atom. The van der Waals surface area contributed by atoms with Gasteiger partial charge in [0.05, 0.1) is 12.2 Å². The number of hydrogen-bond donors (Lipinski definition) is 1. The molecule has 0 spiro atoms. The van der Waals surface area contributed by atoms with Gasteiger partial charge in [-0.2, -0.15) is 0 Å². The van der Waals surface area contributed by atoms with E-state index in [1.54, 1.807) is 31.2 Å². The summed E-state index contributed by atoms with van der Waals surface area (Å²) in [5.74, 6) is -1.87. The number of nitrogens with one attached hydrogen (secondary N) is 1. The minimum absolute atomic E-state index is 0. The first-order valence-electron chi connectivity index (χ1n) is 6.29. The summed E-state index contributed by atoms with van der Waals surface area (Å²) in [6, 6.07) is 6.27. The molecule has 0 bridgehead atoms. The number of hydrogen-bond acceptors (Lipinski definition) is 5. The van der Waals surface area contributed by atoms with Gasteiger partial charge >= 0.3 is 35.5 Å². The van der Waals surface area contributed by atoms with Crippen molar-refractivity contribution in [3.05, 3.63) is 29.8 Å². The predicted octanol–water partition coefficient (Wildman–Crippen LogP) is -2.27. The first-order valence-corrected chi connectivity index (χ1v) is 6.29. The smallest absolute Gasteiger partial charge is 0.550 e. The van der Waals surface area contributed by atoms with Gasteiger partial charge in [-0.15, -0.1) is 0 Å². The molecule has 1 N–H and O–H groups in total. The van der Waals surface area contributed by atoms with Crippen LogP contribution in [0.25, 0.3) is 0 Å². The maximum absolute atomic E-state index is 11.5. The van der Waals surface area contributed by atoms with Crippen LogP contribution in [0, 0.1) is 0 Å². The first kappa shape index (κ1) is 19.6. The minimum atomic E-state index is -1.17. The van der Waals surface area contributed by atoms with Gasteiger partial charge in [0, 0.05) is 18.1 Å². The van der Waals surface area contributed by atoms with Crippen LogP contribution in [-0.2, 0) is 14.3 Å². The average molecular weight is 301 g/mol. The van der Waals surface area contributed by atoms with Gasteiger partial charge in [0.15, 0.2) is 0 Å². The van der Waals surface area contributed by atoms with Gasteiger partial charge in [-0.1, -0.05) is 0 Å². The largest absolute Gasteiger partial charge is 1.00 e. The second-order valence-electron chi connectivity index (χ2n) is 4.07. The normalized spacial score (nSPS) is 9.38. The number of aliphatic carboxylic acids is 1. The van der Waals surface area contributed by atoms with Gasteiger partial charge in [-0.05, 0) is 44.0 Å². The SMILES string of the molecule is CCOC(=O)c1ccc(NC(=O)CCCC(=O)[O-])cc1.[Na+]. The molecule has 0 saturated carbocycles. The van der Waals surface area contributed by atoms with Crippen LogP contribution >= 0.6 is 0 Å². The number of amides is 1. The van der Waals surface area contributed by atoms with E-state index in [0.717, 1.165) is 0 Å². The number of benzene rings is 1. The van der Waals surface area contributed by atoms with Crippen molar-refractivity contribution in [1.82, 2.24) is 0 Å². The molecule has 0 fully saturated rings. The van der Waals surface area contributed by atoms with Crippen molar-refractivity contribution in [1.29, 1.82) is 0 Å². The summed E-state index contributed by atoms with van der Waals surface area (Å²) in [5, 5.41) is 12.8. The molecule has 0 heterocycles. The Morgan fingerprint density at radius 2 is 1.76 bits per heavy atom. The fraction of sp³-hybridized carbons (Fsp3) is 0.357. The molecule has 7 heteroatoms. The zero-order chi connectivity index (χ0) is 15.0. The molecular weight excluding hydrogens is 285 g/mol. The van der Waals surface area contributed by atoms with Crippen molar-refractivity contribution in [2.24, 2.45) is 0 Å². The van der Waals surface area contributed by atoms with Crippen LogP contribution in [0.1, 0.15) is 36.5 Å². The van der Waals surface area contributed by atoms with Crippen molar-refractivity contribution in [3.8, 4) is 0 Å². The van der Waals surface area contributed by atoms with Gasteiger partial charge in [0.1, 0.15) is 0 Å². The van der Waals surface area contributed by atoms with Crippen molar-refractivity contribution < 1.29 is 53.8 Å². The van der Waals surface area contributed by atoms with Crippen molar-refractivity contribution in [3.63, 3.8) is 0 Å². The third-order valence-electron chi connectivity index (χ3n) is 2.46. The van der Waals surface area contributed by atoms with Crippen molar-refractivity contribution >= 4 is 23.5 Å². The molecule has 6 nitrogen and oxygen atoms in total. The Balaban J connectivity index is 0.00000400. The van der Waals surface area contributed by atoms with Gasteiger partial charge in [-0.25, -0.2) is 4.79 Å². The van der Waals surface area contributed by atoms with Crippen LogP contribution in [0.5, 0.6) is 0 Å². The average Bonchev–Trinajstić information content (AvgIpc) is 2.39. The molecule has 0 aliphatic heterocycles. The zero-order valence-corrected chi connectivity index (χ0v) is 14.2. The molecule has 0 aliphatic carbocycles. The molecule has 0 atom stereocenters. The number of carbonyl (C=O) groups is 3. The van der Waals surface area contributed by atoms with Crippen molar-refractivity contribution in [2.75, 3.05) is 11.9 Å². The molecule has 1 aromatic carbocycles. The van der Waals surface area contributed by atoms with E-state index in [0.29, 0.717) is 17.9 Å². The van der Waals surface area contributed by atoms with E-state index in [4.69, 9.17) is 4.74 Å². The summed E-state index contributed by atoms with van der Waals surface area (Å²) in [6.07, 6.45) is 0.192. The molecule has 108 valence electrons. The number of carboxylic acid groups (broad SMARTS) is 1. The molecule has 1 rings (SSSR count). The third kappa shape index (κ3) is 7.84. The summed E-state index contributed by atoms with van der Waals surface area (Å²) in [4.78, 5) is 33.1. The van der Waals surface area contributed by atoms with Gasteiger partial charge < -0.3 is 20.0 Å². The Labute approximate surface area is 145 Å². The Kier molecular flexibility index (Phi) is 9.69. The Morgan fingerprint density at radius 1 is 1.14 bits per heavy atom. The summed E-state index contributed by atoms with van der Waals surface area (Å²) < 4.78 is 4.84. The summed E-state index contributed by atoms with van der Waals surface area (Å²) in [5.41, 5.74) is 0.943. The predicted molar refractivity (Wildman–Crippen MR) is 69.9 cm³/mol. The standard InChI is InChI=1S/C14H17NO5.Na/c1-2-20-14(19)10-6-8-11(9-7-10)15-12(16)4-3-5-13(17)18;/h6-9H,2-5H2,1H3,(H,15,16)(H,17,18);/q;+1/p-1. The fourth-order valence-corrected chi connectivity index (χ4v) is 1.52. The molecule has 1 amide bonds. The molecular formula is C14H16NNaO5. The summed E-state index contributed by atoms with van der Waals surface area (Å²) in [6.45, 7) is 2.02. The quantitative estimate of drug-likeness (QED) is 0.452. The second-order valence-corrected chi connectivity index (χ2v) is 4.07. The molecule has 0 aromatic heterocycles. The summed E-state index contributed by atoms with van der Waals surface area (Å²) >= 11 is 0. The van der Waals surface area contributed by atoms with E-state index in [9.17, 15) is 19.5 Å². The van der Waals surface area contributed by atoms with Crippen LogP contribution < -0.4 is 40.0 Å². The van der Waals surface area contributed by atoms with Crippen LogP contribution in [0.15, 0.2) is 24.3 Å². The number of esters is 1. The molecule has 0 unspecified atom stereocenters. The van der Waals surface area contributed by atoms with Crippen molar-refractivity contribution in [2.45, 2.75) is 26.2 Å². The molecule has 21 heavy (non-hydrogen) atoms. The van der Waals surface area contributed by atoms with Crippen LogP contribution in [0.3, 0.4) is 0 Å². The Bertz CT molecular complexity index is 487. The van der Waals surface area contributed by atoms with Crippen LogP contribution in [-0.4, -0.2) is 24.5 Å². The zero-order valence-electron chi connectivity index (χ0n) is 12.2. The van der Waals surface area contributed by atoms with E-state index in [1.807, 2.05) is 0 Å². The molecule has 0 aliphatic rings. The number of carboxylic acids is 1. The third-order valence-corrected chi connectivity index (χ3v) is 2.46. The monoisotopic (exact) mass is 301 g/mol. The van der Waals surface area contributed by atoms with Gasteiger partial charge in [0.25, 0.3) is 0 Å². The van der Waals surface area contributed by atoms with E-state index in [2.05, 4.69) is 5.32 Å². The van der Waals surface area contributed by atoms with Gasteiger partial charge in [0.2, 0.25) is 5.91 Å². The topological polar surface area (TPSA) is 95.5 Å². The van der Waals surface area contributed by atoms with Crippen LogP contribution in [0.4, 0.5) is 5.69 Å². The second kappa shape index (κ2) is 10.4. The number of rotatable bonds is 7. The number of carbonyl (C=O) groups excluding carboxylic acids is 3.